The third kappa shape index (κ3) is 11.0. The lowest BCUT2D eigenvalue weighted by Gasteiger charge is -2.35. The molecule has 0 radical (unpaired) electrons. The number of hydrogen-bond donors (Lipinski definition) is 4. The van der Waals surface area contributed by atoms with Crippen LogP contribution < -0.4 is 10.6 Å². The fourth-order valence-electron chi connectivity index (χ4n) is 10.8. The van der Waals surface area contributed by atoms with Gasteiger partial charge in [-0.15, -0.1) is 10.2 Å². The lowest BCUT2D eigenvalue weighted by molar-refractivity contribution is -0.144. The second-order valence-electron chi connectivity index (χ2n) is 22.7. The van der Waals surface area contributed by atoms with Crippen LogP contribution in [0.5, 0.6) is 0 Å². The third-order valence-electron chi connectivity index (χ3n) is 14.7. The summed E-state index contributed by atoms with van der Waals surface area (Å²) >= 11 is 0. The molecule has 2 saturated heterocycles. The van der Waals surface area contributed by atoms with E-state index < -0.39 is 69.0 Å². The molecule has 21 heteroatoms. The van der Waals surface area contributed by atoms with Gasteiger partial charge in [0.15, 0.2) is 9.84 Å². The van der Waals surface area contributed by atoms with Gasteiger partial charge in [0.25, 0.3) is 0 Å². The van der Waals surface area contributed by atoms with Gasteiger partial charge in [0.05, 0.1) is 40.2 Å². The van der Waals surface area contributed by atoms with Crippen molar-refractivity contribution in [3.05, 3.63) is 101 Å². The van der Waals surface area contributed by atoms with Gasteiger partial charge in [-0.05, 0) is 84.2 Å². The van der Waals surface area contributed by atoms with E-state index in [0.29, 0.717) is 17.2 Å². The minimum absolute atomic E-state index is 0.00932. The van der Waals surface area contributed by atoms with Crippen molar-refractivity contribution in [3.8, 4) is 5.69 Å². The quantitative estimate of drug-likeness (QED) is 0.109. The second kappa shape index (κ2) is 19.8. The predicted molar refractivity (Wildman–Crippen MR) is 268 cm³/mol. The van der Waals surface area contributed by atoms with Crippen LogP contribution in [0.3, 0.4) is 0 Å². The van der Waals surface area contributed by atoms with Crippen LogP contribution in [0.1, 0.15) is 145 Å². The van der Waals surface area contributed by atoms with Gasteiger partial charge in [-0.1, -0.05) is 82.3 Å². The van der Waals surface area contributed by atoms with Gasteiger partial charge >= 0.3 is 0 Å². The van der Waals surface area contributed by atoms with Gasteiger partial charge < -0.3 is 30.6 Å². The number of carbonyl (C=O) groups excluding carboxylic acids is 4. The molecule has 9 atom stereocenters. The van der Waals surface area contributed by atoms with Gasteiger partial charge in [0, 0.05) is 75.4 Å². The van der Waals surface area contributed by atoms with Crippen molar-refractivity contribution < 1.29 is 37.8 Å². The maximum Gasteiger partial charge on any atom is 0.248 e. The van der Waals surface area contributed by atoms with Crippen molar-refractivity contribution in [2.75, 3.05) is 25.9 Å². The van der Waals surface area contributed by atoms with Crippen LogP contribution in [0.15, 0.2) is 78.2 Å². The minimum Gasteiger partial charge on any atom is -0.391 e. The topological polar surface area (TPSA) is 253 Å². The van der Waals surface area contributed by atoms with Crippen LogP contribution in [0.25, 0.3) is 5.69 Å². The number of rotatable bonds is 16. The van der Waals surface area contributed by atoms with Gasteiger partial charge in [0.1, 0.15) is 24.2 Å². The number of sulfone groups is 1. The number of nitrogens with zero attached hydrogens (tertiary/aromatic N) is 10. The number of likely N-dealkylation sites (tertiary alicyclic amines) is 2. The van der Waals surface area contributed by atoms with Gasteiger partial charge in [-0.2, -0.15) is 5.10 Å². The summed E-state index contributed by atoms with van der Waals surface area (Å²) in [5.41, 5.74) is 3.49. The zero-order valence-corrected chi connectivity index (χ0v) is 43.6. The summed E-state index contributed by atoms with van der Waals surface area (Å²) < 4.78 is 29.6. The van der Waals surface area contributed by atoms with E-state index in [4.69, 9.17) is 0 Å². The Morgan fingerprint density at radius 2 is 1.36 bits per heavy atom. The Morgan fingerprint density at radius 1 is 0.767 bits per heavy atom. The van der Waals surface area contributed by atoms with Gasteiger partial charge in [-0.3, -0.25) is 19.2 Å². The van der Waals surface area contributed by atoms with E-state index in [2.05, 4.69) is 42.4 Å². The summed E-state index contributed by atoms with van der Waals surface area (Å²) in [6, 6.07) is 10.6. The molecule has 73 heavy (non-hydrogen) atoms. The Kier molecular flexibility index (Phi) is 14.0. The number of aliphatic hydroxyl groups is 2. The molecule has 390 valence electrons. The zero-order valence-electron chi connectivity index (χ0n) is 42.8. The Balaban J connectivity index is 0.879. The highest BCUT2D eigenvalue weighted by Gasteiger charge is 2.48. The summed E-state index contributed by atoms with van der Waals surface area (Å²) in [7, 11) is -3.47. The van der Waals surface area contributed by atoms with Crippen molar-refractivity contribution >= 4 is 33.5 Å². The smallest absolute Gasteiger partial charge is 0.248 e. The molecule has 3 unspecified atom stereocenters. The highest BCUT2D eigenvalue weighted by atomic mass is 32.2. The summed E-state index contributed by atoms with van der Waals surface area (Å²) in [6.45, 7) is 13.6. The minimum atomic E-state index is -3.47. The number of aliphatic hydroxyl groups excluding tert-OH is 2. The van der Waals surface area contributed by atoms with E-state index in [0.717, 1.165) is 48.0 Å². The predicted octanol–water partition coefficient (Wildman–Crippen LogP) is 3.94. The van der Waals surface area contributed by atoms with Crippen molar-refractivity contribution in [3.63, 3.8) is 0 Å². The van der Waals surface area contributed by atoms with Crippen molar-refractivity contribution in [2.45, 2.75) is 152 Å². The number of aromatic nitrogens is 8. The molecule has 0 bridgehead atoms. The molecule has 4 aliphatic rings. The van der Waals surface area contributed by atoms with Crippen molar-refractivity contribution in [1.82, 2.24) is 60.2 Å². The Hall–Kier alpha value is -6.32. The van der Waals surface area contributed by atoms with E-state index in [1.165, 1.54) is 15.9 Å². The average molecular weight is 1020 g/mol. The Morgan fingerprint density at radius 3 is 1.93 bits per heavy atom. The number of carbonyl (C=O) groups is 4. The van der Waals surface area contributed by atoms with Crippen molar-refractivity contribution in [2.24, 2.45) is 10.8 Å². The van der Waals surface area contributed by atoms with Crippen LogP contribution >= 0.6 is 0 Å². The molecule has 0 spiro atoms. The van der Waals surface area contributed by atoms with E-state index >= 15 is 0 Å². The molecule has 5 aromatic rings. The molecule has 4 fully saturated rings. The number of amides is 4. The number of β-amino-alcohol motifs (C(OH)–C–C–N with tert-alkyl or cyclic N) is 2. The number of nitrogens with one attached hydrogen (secondary N) is 2. The zero-order chi connectivity index (χ0) is 52.3. The fraction of sp³-hybridized carbons (Fsp3) is 0.558. The molecule has 2 aromatic carbocycles. The molecule has 5 heterocycles. The van der Waals surface area contributed by atoms with Crippen LogP contribution in [-0.2, 0) is 35.4 Å². The van der Waals surface area contributed by atoms with Crippen LogP contribution in [0, 0.1) is 10.8 Å². The first-order valence-corrected chi connectivity index (χ1v) is 27.2. The standard InChI is InChI=1S/C52H68N12O8S/c1-30(55-48(68)43-24-35(66)27-61(43)50(70)45(51(2,3)4)63-28-39(56-58-63)31-14-15-31)36-17-16-33(22-41(36)62-21-11-19-54-62)37-25-38(37)40-29-64(59-57-40)46(52(5,6)7)49(69)60-26-34(65)23-42(60)47(67)53-20-18-32-12-9-10-13-44(32)73(8,71)72/h9-13,16-17,19,21-22,28-31,34-35,37-38,42-43,45-46,65-66H,14-15,18,20,23-27H2,1-8H3,(H,53,67)(H,55,68)/t30?,34-,35-,37?,38?,42+,43+,45-,46-/m1/s1. The molecule has 2 aliphatic heterocycles. The second-order valence-corrected chi connectivity index (χ2v) is 24.7. The molecule has 20 nitrogen and oxygen atoms in total. The molecule has 4 N–H and O–H groups in total. The number of benzene rings is 2. The normalized spacial score (nSPS) is 23.5. The van der Waals surface area contributed by atoms with E-state index in [9.17, 15) is 37.8 Å². The first kappa shape index (κ1) is 51.6. The molecule has 2 aliphatic carbocycles. The first-order chi connectivity index (χ1) is 34.5. The third-order valence-corrected chi connectivity index (χ3v) is 15.9. The largest absolute Gasteiger partial charge is 0.391 e. The number of hydrogen-bond acceptors (Lipinski definition) is 13. The van der Waals surface area contributed by atoms with E-state index in [-0.39, 0.29) is 73.3 Å². The van der Waals surface area contributed by atoms with Crippen LogP contribution in [0.4, 0.5) is 0 Å². The molecule has 3 aromatic heterocycles. The Bertz CT molecular complexity index is 2970. The molecule has 2 saturated carbocycles. The van der Waals surface area contributed by atoms with Crippen molar-refractivity contribution in [1.29, 1.82) is 0 Å². The summed E-state index contributed by atoms with van der Waals surface area (Å²) in [5.74, 6) is -1.07. The van der Waals surface area contributed by atoms with E-state index in [1.807, 2.05) is 79.1 Å². The summed E-state index contributed by atoms with van der Waals surface area (Å²) in [5, 5.41) is 50.0. The average Bonchev–Trinajstić information content (AvgIpc) is 3.86. The lowest BCUT2D eigenvalue weighted by atomic mass is 9.85. The molecule has 4 amide bonds. The molecule has 9 rings (SSSR count). The highest BCUT2D eigenvalue weighted by Crippen LogP contribution is 2.55. The van der Waals surface area contributed by atoms with E-state index in [1.54, 1.807) is 44.6 Å². The van der Waals surface area contributed by atoms with Gasteiger partial charge in [0.2, 0.25) is 23.6 Å². The van der Waals surface area contributed by atoms with Gasteiger partial charge in [-0.25, -0.2) is 22.5 Å². The maximum atomic E-state index is 14.6. The molecular formula is C52H68N12O8S. The maximum absolute atomic E-state index is 14.6. The lowest BCUT2D eigenvalue weighted by Crippen LogP contribution is -2.50. The first-order valence-electron chi connectivity index (χ1n) is 25.3. The SMILES string of the molecule is CC(NC(=O)[C@@H]1C[C@@H](O)CN1C(=O)[C@@H](n1cc(C2CC2)nn1)C(C)(C)C)c1ccc(C2CC2c2cn([C@H](C(=O)N3C[C@H](O)C[C@H]3C(=O)NCCc3ccccc3S(C)(=O)=O)C(C)(C)C)nn2)cc1-n1cccn1. The monoisotopic (exact) mass is 1020 g/mol. The summed E-state index contributed by atoms with van der Waals surface area (Å²) in [6.07, 6.45) is 9.80. The fourth-order valence-corrected chi connectivity index (χ4v) is 11.8. The summed E-state index contributed by atoms with van der Waals surface area (Å²) in [4.78, 5) is 60.0. The van der Waals surface area contributed by atoms with Crippen LogP contribution in [0.2, 0.25) is 0 Å². The Labute approximate surface area is 425 Å². The highest BCUT2D eigenvalue weighted by molar-refractivity contribution is 7.90. The molecular weight excluding hydrogens is 953 g/mol. The van der Waals surface area contributed by atoms with Crippen LogP contribution in [-0.4, -0.2) is 142 Å².